The molecule has 1 aromatic heterocycles. The van der Waals surface area contributed by atoms with Gasteiger partial charge in [-0.25, -0.2) is 4.79 Å². The van der Waals surface area contributed by atoms with E-state index >= 15 is 9.59 Å². The molecule has 0 amide bonds. The summed E-state index contributed by atoms with van der Waals surface area (Å²) in [4.78, 5) is 47.5. The number of epoxide rings is 1. The van der Waals surface area contributed by atoms with Gasteiger partial charge >= 0.3 is 11.9 Å². The van der Waals surface area contributed by atoms with E-state index < -0.39 is 81.2 Å². The van der Waals surface area contributed by atoms with Gasteiger partial charge in [0, 0.05) is 46.7 Å². The molecule has 0 radical (unpaired) electrons. The van der Waals surface area contributed by atoms with Gasteiger partial charge in [-0.05, 0) is 156 Å². The Hall–Kier alpha value is -3.99. The number of rotatable bonds is 4. The summed E-state index contributed by atoms with van der Waals surface area (Å²) in [6, 6.07) is 11.1. The van der Waals surface area contributed by atoms with Crippen LogP contribution in [-0.2, 0) is 58.2 Å². The number of nitrogens with one attached hydrogen (secondary N) is 1. The summed E-state index contributed by atoms with van der Waals surface area (Å²) in [6.45, 7) is 8.06. The molecule has 4 bridgehead atoms. The van der Waals surface area contributed by atoms with Crippen molar-refractivity contribution in [1.29, 1.82) is 0 Å². The Balaban J connectivity index is 0.903. The predicted molar refractivity (Wildman–Crippen MR) is 256 cm³/mol. The van der Waals surface area contributed by atoms with Crippen LogP contribution in [-0.4, -0.2) is 94.3 Å². The van der Waals surface area contributed by atoms with E-state index in [2.05, 4.69) is 65.5 Å². The Labute approximate surface area is 416 Å². The van der Waals surface area contributed by atoms with E-state index in [4.69, 9.17) is 23.4 Å². The molecule has 3 N–H and O–H groups in total. The second kappa shape index (κ2) is 14.9. The average molecular weight is 967 g/mol. The van der Waals surface area contributed by atoms with E-state index in [0.29, 0.717) is 68.2 Å². The van der Waals surface area contributed by atoms with Gasteiger partial charge < -0.3 is 38.5 Å². The molecule has 21 atom stereocenters. The Morgan fingerprint density at radius 2 is 1.77 bits per heavy atom. The van der Waals surface area contributed by atoms with Gasteiger partial charge in [-0.2, -0.15) is 0 Å². The van der Waals surface area contributed by atoms with Crippen molar-refractivity contribution < 1.29 is 48.0 Å². The number of fused-ring (bicyclic) bond motifs is 6. The number of esters is 2. The zero-order chi connectivity index (χ0) is 48.2. The molecule has 4 spiro atoms. The van der Waals surface area contributed by atoms with Crippen molar-refractivity contribution in [3.63, 3.8) is 0 Å². The maximum absolute atomic E-state index is 16.0. The van der Waals surface area contributed by atoms with E-state index in [1.165, 1.54) is 5.56 Å². The van der Waals surface area contributed by atoms with Crippen LogP contribution in [0.4, 0.5) is 0 Å². The van der Waals surface area contributed by atoms with Crippen molar-refractivity contribution in [2.24, 2.45) is 81.3 Å². The molecule has 5 saturated heterocycles. The quantitative estimate of drug-likeness (QED) is 0.176. The number of hydrogen-bond donors (Lipinski definition) is 3. The number of Topliss-reactive ketones (excluding diaryl/α,β-unsaturated/α-hetero) is 1. The maximum atomic E-state index is 16.0. The van der Waals surface area contributed by atoms with Crippen molar-refractivity contribution in [2.45, 2.75) is 158 Å². The number of hydrogen-bond acceptors (Lipinski definition) is 12. The molecular formula is C59H70N2O10. The fourth-order valence-electron chi connectivity index (χ4n) is 20.9. The van der Waals surface area contributed by atoms with Crippen LogP contribution < -0.4 is 5.32 Å². The number of nitrogens with zero attached hydrogens (tertiary/aromatic N) is 1. The number of aliphatic hydroxyl groups excluding tert-OH is 2. The minimum absolute atomic E-state index is 0.0107. The van der Waals surface area contributed by atoms with Gasteiger partial charge in [-0.15, -0.1) is 0 Å². The third-order valence-corrected chi connectivity index (χ3v) is 23.2. The van der Waals surface area contributed by atoms with Crippen LogP contribution in [0, 0.1) is 93.2 Å². The number of aliphatic hydroxyl groups is 2. The summed E-state index contributed by atoms with van der Waals surface area (Å²) >= 11 is 0. The second-order valence-corrected chi connectivity index (χ2v) is 26.0. The fourth-order valence-corrected chi connectivity index (χ4v) is 20.9. The molecule has 71 heavy (non-hydrogen) atoms. The van der Waals surface area contributed by atoms with Crippen molar-refractivity contribution in [3.05, 3.63) is 71.3 Å². The molecule has 15 rings (SSSR count). The fraction of sp³-hybridized carbons (Fsp3) is 0.712. The van der Waals surface area contributed by atoms with Gasteiger partial charge in [-0.1, -0.05) is 55.2 Å². The topological polar surface area (TPSA) is 160 Å². The highest BCUT2D eigenvalue weighted by molar-refractivity contribution is 5.92. The molecule has 21 unspecified atom stereocenters. The lowest BCUT2D eigenvalue weighted by molar-refractivity contribution is -0.301. The molecule has 7 heterocycles. The lowest BCUT2D eigenvalue weighted by Gasteiger charge is -2.72. The summed E-state index contributed by atoms with van der Waals surface area (Å²) in [5.74, 6) is 7.48. The highest BCUT2D eigenvalue weighted by Gasteiger charge is 2.96. The molecule has 6 aliphatic heterocycles. The number of ether oxygens (including phenoxy) is 4. The first-order valence-electron chi connectivity index (χ1n) is 27.7. The molecule has 7 aliphatic carbocycles. The summed E-state index contributed by atoms with van der Waals surface area (Å²) in [7, 11) is 0. The first-order chi connectivity index (χ1) is 34.3. The predicted octanol–water partition coefficient (Wildman–Crippen LogP) is 6.43. The number of carbonyl (C=O) groups excluding carboxylic acids is 3. The van der Waals surface area contributed by atoms with Crippen molar-refractivity contribution in [1.82, 2.24) is 10.2 Å². The van der Waals surface area contributed by atoms with Gasteiger partial charge in [0.25, 0.3) is 0 Å². The molecule has 12 heteroatoms. The third kappa shape index (κ3) is 5.39. The van der Waals surface area contributed by atoms with E-state index in [-0.39, 0.29) is 48.5 Å². The first kappa shape index (κ1) is 44.5. The number of benzene rings is 1. The van der Waals surface area contributed by atoms with Crippen LogP contribution in [0.3, 0.4) is 0 Å². The van der Waals surface area contributed by atoms with E-state index in [1.54, 1.807) is 0 Å². The number of allylic oxidation sites excluding steroid dienone is 1. The highest BCUT2D eigenvalue weighted by Crippen LogP contribution is 2.85. The smallest absolute Gasteiger partial charge is 0.339 e. The summed E-state index contributed by atoms with van der Waals surface area (Å²) in [6.07, 6.45) is 13.3. The van der Waals surface area contributed by atoms with Crippen LogP contribution in [0.25, 0.3) is 0 Å². The zero-order valence-corrected chi connectivity index (χ0v) is 41.5. The Kier molecular flexibility index (Phi) is 9.31. The average Bonchev–Trinajstić information content (AvgIpc) is 3.60. The van der Waals surface area contributed by atoms with E-state index in [0.717, 1.165) is 75.0 Å². The maximum Gasteiger partial charge on any atom is 0.339 e. The molecule has 1 aromatic carbocycles. The van der Waals surface area contributed by atoms with Gasteiger partial charge in [0.1, 0.15) is 24.1 Å². The number of ketones is 1. The molecule has 13 aliphatic rings. The molecular weight excluding hydrogens is 897 g/mol. The van der Waals surface area contributed by atoms with Crippen molar-refractivity contribution >= 4 is 17.7 Å². The van der Waals surface area contributed by atoms with Gasteiger partial charge in [-0.3, -0.25) is 14.9 Å². The van der Waals surface area contributed by atoms with E-state index in [1.807, 2.05) is 26.2 Å². The largest absolute Gasteiger partial charge is 0.469 e. The van der Waals surface area contributed by atoms with Gasteiger partial charge in [0.15, 0.2) is 17.5 Å². The lowest BCUT2D eigenvalue weighted by atomic mass is 9.30. The van der Waals surface area contributed by atoms with Gasteiger partial charge in [0.2, 0.25) is 0 Å². The van der Waals surface area contributed by atoms with Gasteiger partial charge in [0.05, 0.1) is 49.0 Å². The highest BCUT2D eigenvalue weighted by atomic mass is 16.7. The molecule has 5 saturated carbocycles. The third-order valence-electron chi connectivity index (χ3n) is 23.2. The van der Waals surface area contributed by atoms with E-state index in [9.17, 15) is 15.0 Å². The summed E-state index contributed by atoms with van der Waals surface area (Å²) < 4.78 is 34.7. The number of carbonyl (C=O) groups is 3. The van der Waals surface area contributed by atoms with Crippen LogP contribution in [0.5, 0.6) is 0 Å². The van der Waals surface area contributed by atoms with Crippen LogP contribution in [0.1, 0.15) is 114 Å². The zero-order valence-electron chi connectivity index (χ0n) is 41.5. The number of cyclic esters (lactones) is 1. The van der Waals surface area contributed by atoms with Crippen LogP contribution in [0.15, 0.2) is 53.3 Å². The van der Waals surface area contributed by atoms with Crippen molar-refractivity contribution in [3.8, 4) is 11.8 Å². The Morgan fingerprint density at radius 3 is 2.63 bits per heavy atom. The SMILES string of the molecule is CC1(C)OC2CC(=O)OCC23C1C(=O)C(O)C12C4CC(Cc5ccccc5)CCC4C#CC4CCc5coc(CC6C(O)CCC7CC8C(C=CN9CNCC89)CC76)c5C45OC(=O)C4OC41C5(C)CCC32. The summed E-state index contributed by atoms with van der Waals surface area (Å²) in [5.41, 5.74) is -3.77. The number of furan rings is 1. The molecule has 10 fully saturated rings. The molecule has 12 nitrogen and oxygen atoms in total. The Bertz CT molecular complexity index is 2710. The molecule has 376 valence electrons. The summed E-state index contributed by atoms with van der Waals surface area (Å²) in [5, 5.41) is 29.7. The van der Waals surface area contributed by atoms with Crippen LogP contribution in [0.2, 0.25) is 0 Å². The normalized spacial score (nSPS) is 50.9. The monoisotopic (exact) mass is 967 g/mol. The molecule has 2 aromatic rings. The number of aryl methyl sites for hydroxylation is 1. The minimum atomic E-state index is -1.51. The standard InChI is InChI=1S/C59H70N2O10/c1-54(2)50-49(64)51(65)57-41-22-32(21-31-7-5-4-6-8-31)9-10-33(41)11-14-37-15-12-36-28-67-44(25-40-38-23-35-18-20-61-30-60-27-42(61)39(35)24-34(38)13-16-43(40)62)48(36)58(37)55(3,59(57)52(70-59)53(66)71-58)19-17-45(57)56(50)29-68-47(63)26-46(56)69-54/h4-8,18,20,28,32-35,37-43,45-46,50-52,60,62,65H,9-10,12-13,15-17,19,21-27,29-30H2,1-3H3. The minimum Gasteiger partial charge on any atom is -0.469 e. The lowest BCUT2D eigenvalue weighted by Crippen LogP contribution is -2.81. The Morgan fingerprint density at radius 1 is 0.915 bits per heavy atom. The first-order valence-corrected chi connectivity index (χ1v) is 27.7. The van der Waals surface area contributed by atoms with Crippen LogP contribution >= 0.6 is 0 Å². The second-order valence-electron chi connectivity index (χ2n) is 26.0. The van der Waals surface area contributed by atoms with Crippen molar-refractivity contribution in [2.75, 3.05) is 19.8 Å².